The number of benzene rings is 3. The Morgan fingerprint density at radius 1 is 0.552 bits per heavy atom. The highest BCUT2D eigenvalue weighted by molar-refractivity contribution is 9.11. The van der Waals surface area contributed by atoms with Gasteiger partial charge < -0.3 is 0 Å². The minimum Gasteiger partial charge on any atom is -0.282 e. The monoisotopic (exact) mass is 602 g/mol. The van der Waals surface area contributed by atoms with Crippen molar-refractivity contribution in [1.29, 1.82) is 0 Å². The maximum atomic E-state index is 13.4. The van der Waals surface area contributed by atoms with Crippen molar-refractivity contribution >= 4 is 55.6 Å². The number of rotatable bonds is 9. The van der Waals surface area contributed by atoms with Gasteiger partial charge in [-0.1, -0.05) is 102 Å². The van der Waals surface area contributed by atoms with Gasteiger partial charge in [-0.25, -0.2) is 4.57 Å². The molecule has 29 heavy (non-hydrogen) atoms. The van der Waals surface area contributed by atoms with Gasteiger partial charge in [-0.15, -0.1) is 0 Å². The minimum atomic E-state index is -3.84. The summed E-state index contributed by atoms with van der Waals surface area (Å²) < 4.78 is 33.0. The largest absolute Gasteiger partial charge is 0.475 e. The average molecular weight is 605 g/mol. The second-order valence-corrected chi connectivity index (χ2v) is 10.3. The van der Waals surface area contributed by atoms with Gasteiger partial charge in [0.05, 0.1) is 19.8 Å². The normalized spacial score (nSPS) is 11.6. The van der Waals surface area contributed by atoms with Crippen molar-refractivity contribution in [3.63, 3.8) is 0 Å². The molecule has 0 radical (unpaired) electrons. The second kappa shape index (κ2) is 11.0. The molecule has 0 aliphatic rings. The summed E-state index contributed by atoms with van der Waals surface area (Å²) in [5.74, 6) is 0. The third kappa shape index (κ3) is 6.86. The van der Waals surface area contributed by atoms with Crippen molar-refractivity contribution < 1.29 is 18.1 Å². The third-order valence-corrected chi connectivity index (χ3v) is 7.66. The highest BCUT2D eigenvalue weighted by Gasteiger charge is 2.28. The molecule has 8 heteroatoms. The van der Waals surface area contributed by atoms with E-state index in [1.54, 1.807) is 0 Å². The maximum Gasteiger partial charge on any atom is 0.475 e. The second-order valence-electron chi connectivity index (χ2n) is 6.04. The van der Waals surface area contributed by atoms with E-state index >= 15 is 0 Å². The van der Waals surface area contributed by atoms with Crippen LogP contribution in [0.5, 0.6) is 0 Å². The first kappa shape index (κ1) is 22.9. The highest BCUT2D eigenvalue weighted by Crippen LogP contribution is 2.52. The van der Waals surface area contributed by atoms with Crippen LogP contribution in [-0.4, -0.2) is 0 Å². The molecule has 3 rings (SSSR count). The van der Waals surface area contributed by atoms with Gasteiger partial charge in [0, 0.05) is 13.4 Å². The van der Waals surface area contributed by atoms with Crippen molar-refractivity contribution in [2.45, 2.75) is 19.8 Å². The van der Waals surface area contributed by atoms with Gasteiger partial charge in [0.1, 0.15) is 0 Å². The van der Waals surface area contributed by atoms with Crippen LogP contribution >= 0.6 is 55.6 Å². The average Bonchev–Trinajstić information content (AvgIpc) is 2.72. The Kier molecular flexibility index (Phi) is 8.69. The number of hydrogen-bond acceptors (Lipinski definition) is 4. The number of hydrogen-bond donors (Lipinski definition) is 0. The molecule has 0 aromatic heterocycles. The SMILES string of the molecule is O=P(OCc1ccccc1Br)(OCc1ccccc1Br)OCc1ccccc1Br. The van der Waals surface area contributed by atoms with E-state index in [2.05, 4.69) is 47.8 Å². The molecular formula is C21H18Br3O4P. The minimum absolute atomic E-state index is 0.0879. The molecule has 0 saturated heterocycles. The molecule has 4 nitrogen and oxygen atoms in total. The van der Waals surface area contributed by atoms with Gasteiger partial charge >= 0.3 is 7.82 Å². The van der Waals surface area contributed by atoms with Crippen molar-refractivity contribution in [2.24, 2.45) is 0 Å². The molecule has 0 unspecified atom stereocenters. The van der Waals surface area contributed by atoms with Crippen molar-refractivity contribution in [1.82, 2.24) is 0 Å². The zero-order chi connectivity index (χ0) is 20.7. The van der Waals surface area contributed by atoms with Crippen molar-refractivity contribution in [3.8, 4) is 0 Å². The zero-order valence-corrected chi connectivity index (χ0v) is 20.9. The predicted molar refractivity (Wildman–Crippen MR) is 124 cm³/mol. The van der Waals surface area contributed by atoms with Gasteiger partial charge in [0.15, 0.2) is 0 Å². The first-order chi connectivity index (χ1) is 14.0. The van der Waals surface area contributed by atoms with Crippen LogP contribution in [0.4, 0.5) is 0 Å². The fourth-order valence-electron chi connectivity index (χ4n) is 2.40. The van der Waals surface area contributed by atoms with Crippen LogP contribution in [0.1, 0.15) is 16.7 Å². The summed E-state index contributed by atoms with van der Waals surface area (Å²) in [5.41, 5.74) is 2.55. The van der Waals surface area contributed by atoms with E-state index in [0.29, 0.717) is 0 Å². The summed E-state index contributed by atoms with van der Waals surface area (Å²) in [7, 11) is -3.84. The van der Waals surface area contributed by atoms with E-state index in [1.165, 1.54) is 0 Å². The lowest BCUT2D eigenvalue weighted by molar-refractivity contribution is 0.0974. The number of halogens is 3. The van der Waals surface area contributed by atoms with Crippen LogP contribution in [0.2, 0.25) is 0 Å². The van der Waals surface area contributed by atoms with Gasteiger partial charge in [-0.2, -0.15) is 0 Å². The molecule has 0 spiro atoms. The van der Waals surface area contributed by atoms with Gasteiger partial charge in [-0.05, 0) is 34.9 Å². The van der Waals surface area contributed by atoms with Gasteiger partial charge in [-0.3, -0.25) is 13.6 Å². The zero-order valence-electron chi connectivity index (χ0n) is 15.3. The van der Waals surface area contributed by atoms with Crippen LogP contribution in [0.3, 0.4) is 0 Å². The Balaban J connectivity index is 1.74. The molecule has 0 saturated carbocycles. The molecule has 0 aliphatic heterocycles. The summed E-state index contributed by atoms with van der Waals surface area (Å²) in [5, 5.41) is 0. The predicted octanol–water partition coefficient (Wildman–Crippen LogP) is 8.03. The van der Waals surface area contributed by atoms with Crippen molar-refractivity contribution in [2.75, 3.05) is 0 Å². The van der Waals surface area contributed by atoms with Crippen LogP contribution in [0.15, 0.2) is 86.2 Å². The molecule has 3 aromatic carbocycles. The lowest BCUT2D eigenvalue weighted by atomic mass is 10.2. The summed E-state index contributed by atoms with van der Waals surface area (Å²) in [4.78, 5) is 0. The Hall–Kier alpha value is -0.790. The third-order valence-electron chi connectivity index (χ3n) is 4.01. The summed E-state index contributed by atoms with van der Waals surface area (Å²) >= 11 is 10.4. The summed E-state index contributed by atoms with van der Waals surface area (Å²) in [6, 6.07) is 22.7. The fourth-order valence-corrected chi connectivity index (χ4v) is 4.72. The van der Waals surface area contributed by atoms with Gasteiger partial charge in [0.2, 0.25) is 0 Å². The molecule has 3 aromatic rings. The fraction of sp³-hybridized carbons (Fsp3) is 0.143. The van der Waals surface area contributed by atoms with E-state index < -0.39 is 7.82 Å². The Labute approximate surface area is 195 Å². The maximum absolute atomic E-state index is 13.4. The summed E-state index contributed by atoms with van der Waals surface area (Å²) in [6.07, 6.45) is 0. The molecule has 0 heterocycles. The Bertz CT molecular complexity index is 885. The van der Waals surface area contributed by atoms with Crippen LogP contribution in [0, 0.1) is 0 Å². The van der Waals surface area contributed by atoms with E-state index in [-0.39, 0.29) is 19.8 Å². The lowest BCUT2D eigenvalue weighted by Gasteiger charge is -2.19. The summed E-state index contributed by atoms with van der Waals surface area (Å²) in [6.45, 7) is 0.264. The smallest absolute Gasteiger partial charge is 0.282 e. The molecule has 0 aliphatic carbocycles. The van der Waals surface area contributed by atoms with Gasteiger partial charge in [0.25, 0.3) is 0 Å². The van der Waals surface area contributed by atoms with E-state index in [9.17, 15) is 4.57 Å². The van der Waals surface area contributed by atoms with Crippen molar-refractivity contribution in [3.05, 3.63) is 103 Å². The molecule has 0 amide bonds. The molecular weight excluding hydrogens is 587 g/mol. The highest BCUT2D eigenvalue weighted by atomic mass is 79.9. The van der Waals surface area contributed by atoms with Crippen LogP contribution < -0.4 is 0 Å². The number of phosphoric ester groups is 1. The number of phosphoric acid groups is 1. The first-order valence-corrected chi connectivity index (χ1v) is 12.5. The first-order valence-electron chi connectivity index (χ1n) is 8.71. The molecule has 0 atom stereocenters. The Morgan fingerprint density at radius 2 is 0.828 bits per heavy atom. The Morgan fingerprint density at radius 3 is 1.10 bits per heavy atom. The quantitative estimate of drug-likeness (QED) is 0.232. The van der Waals surface area contributed by atoms with Crippen LogP contribution in [0.25, 0.3) is 0 Å². The van der Waals surface area contributed by atoms with Crippen LogP contribution in [-0.2, 0) is 38.0 Å². The lowest BCUT2D eigenvalue weighted by Crippen LogP contribution is -2.03. The standard InChI is InChI=1S/C21H18Br3O4P/c22-19-10-4-1-7-16(19)13-26-29(25,27-14-17-8-2-5-11-20(17)23)28-15-18-9-3-6-12-21(18)24/h1-12H,13-15H2. The molecule has 0 bridgehead atoms. The molecule has 0 N–H and O–H groups in total. The van der Waals surface area contributed by atoms with E-state index in [4.69, 9.17) is 13.6 Å². The molecule has 0 fully saturated rings. The van der Waals surface area contributed by atoms with E-state index in [1.807, 2.05) is 72.8 Å². The molecule has 152 valence electrons. The van der Waals surface area contributed by atoms with E-state index in [0.717, 1.165) is 30.1 Å². The topological polar surface area (TPSA) is 44.8 Å².